The van der Waals surface area contributed by atoms with E-state index < -0.39 is 0 Å². The van der Waals surface area contributed by atoms with E-state index in [1.165, 1.54) is 11.3 Å². The standard InChI is InChI=1S/C15H24N4O2S.2ClH/c1-10(2)6-11(8-16)17-13(20)7-12-9-22-15(18-12)19-5-3-4-14(19)21;;/h9-11H,3-8,16H2,1-2H3,(H,17,20);2*1H. The predicted molar refractivity (Wildman–Crippen MR) is 102 cm³/mol. The molecule has 2 amide bonds. The molecule has 24 heavy (non-hydrogen) atoms. The van der Waals surface area contributed by atoms with Gasteiger partial charge in [0.1, 0.15) is 0 Å². The average Bonchev–Trinajstić information content (AvgIpc) is 3.06. The summed E-state index contributed by atoms with van der Waals surface area (Å²) in [5, 5.41) is 5.50. The van der Waals surface area contributed by atoms with E-state index in [2.05, 4.69) is 24.1 Å². The summed E-state index contributed by atoms with van der Waals surface area (Å²) in [5.41, 5.74) is 6.40. The molecule has 1 atom stereocenters. The third kappa shape index (κ3) is 6.55. The van der Waals surface area contributed by atoms with E-state index in [9.17, 15) is 9.59 Å². The number of aromatic nitrogens is 1. The van der Waals surface area contributed by atoms with Gasteiger partial charge in [-0.1, -0.05) is 13.8 Å². The average molecular weight is 397 g/mol. The van der Waals surface area contributed by atoms with Crippen LogP contribution in [0.15, 0.2) is 5.38 Å². The molecule has 0 spiro atoms. The summed E-state index contributed by atoms with van der Waals surface area (Å²) in [7, 11) is 0. The molecule has 138 valence electrons. The zero-order valence-electron chi connectivity index (χ0n) is 14.0. The van der Waals surface area contributed by atoms with Crippen LogP contribution in [0.4, 0.5) is 5.13 Å². The molecule has 9 heteroatoms. The zero-order chi connectivity index (χ0) is 16.1. The third-order valence-corrected chi connectivity index (χ3v) is 4.50. The fraction of sp³-hybridized carbons (Fsp3) is 0.667. The lowest BCUT2D eigenvalue weighted by atomic mass is 10.0. The molecule has 0 radical (unpaired) electrons. The monoisotopic (exact) mass is 396 g/mol. The van der Waals surface area contributed by atoms with Gasteiger partial charge in [0.05, 0.1) is 12.1 Å². The van der Waals surface area contributed by atoms with E-state index in [4.69, 9.17) is 5.73 Å². The number of halogens is 2. The maximum atomic E-state index is 12.1. The number of hydrogen-bond donors (Lipinski definition) is 2. The summed E-state index contributed by atoms with van der Waals surface area (Å²) in [4.78, 5) is 29.9. The van der Waals surface area contributed by atoms with E-state index >= 15 is 0 Å². The van der Waals surface area contributed by atoms with Crippen LogP contribution < -0.4 is 16.0 Å². The third-order valence-electron chi connectivity index (χ3n) is 3.59. The molecule has 3 N–H and O–H groups in total. The lowest BCUT2D eigenvalue weighted by Gasteiger charge is -2.18. The quantitative estimate of drug-likeness (QED) is 0.738. The summed E-state index contributed by atoms with van der Waals surface area (Å²) in [6.07, 6.45) is 2.56. The van der Waals surface area contributed by atoms with Gasteiger partial charge in [0.2, 0.25) is 11.8 Å². The van der Waals surface area contributed by atoms with Crippen LogP contribution in [-0.2, 0) is 16.0 Å². The highest BCUT2D eigenvalue weighted by Gasteiger charge is 2.24. The van der Waals surface area contributed by atoms with Crippen LogP contribution in [0.2, 0.25) is 0 Å². The van der Waals surface area contributed by atoms with Gasteiger partial charge in [-0.05, 0) is 18.8 Å². The second-order valence-electron chi connectivity index (χ2n) is 6.08. The van der Waals surface area contributed by atoms with Crippen LogP contribution >= 0.6 is 36.2 Å². The Kier molecular flexibility index (Phi) is 10.5. The van der Waals surface area contributed by atoms with E-state index in [0.717, 1.165) is 19.4 Å². The lowest BCUT2D eigenvalue weighted by Crippen LogP contribution is -2.41. The van der Waals surface area contributed by atoms with Gasteiger partial charge in [-0.2, -0.15) is 0 Å². The Morgan fingerprint density at radius 2 is 2.17 bits per heavy atom. The van der Waals surface area contributed by atoms with Gasteiger partial charge in [-0.15, -0.1) is 36.2 Å². The maximum Gasteiger partial charge on any atom is 0.228 e. The van der Waals surface area contributed by atoms with E-state index in [0.29, 0.717) is 29.7 Å². The summed E-state index contributed by atoms with van der Waals surface area (Å²) < 4.78 is 0. The smallest absolute Gasteiger partial charge is 0.228 e. The molecule has 0 bridgehead atoms. The number of thiazole rings is 1. The Bertz CT molecular complexity index is 539. The predicted octanol–water partition coefficient (Wildman–Crippen LogP) is 2.15. The van der Waals surface area contributed by atoms with Gasteiger partial charge >= 0.3 is 0 Å². The van der Waals surface area contributed by atoms with Crippen molar-refractivity contribution in [2.45, 2.75) is 45.6 Å². The molecule has 1 aliphatic rings. The van der Waals surface area contributed by atoms with Gasteiger partial charge in [-0.25, -0.2) is 4.98 Å². The van der Waals surface area contributed by atoms with Crippen LogP contribution in [0.1, 0.15) is 38.8 Å². The first-order valence-electron chi connectivity index (χ1n) is 7.73. The minimum absolute atomic E-state index is 0. The topological polar surface area (TPSA) is 88.3 Å². The highest BCUT2D eigenvalue weighted by atomic mass is 35.5. The van der Waals surface area contributed by atoms with Crippen molar-refractivity contribution in [3.05, 3.63) is 11.1 Å². The van der Waals surface area contributed by atoms with Crippen molar-refractivity contribution in [3.8, 4) is 0 Å². The Morgan fingerprint density at radius 1 is 1.46 bits per heavy atom. The SMILES string of the molecule is CC(C)CC(CN)NC(=O)Cc1csc(N2CCCC2=O)n1.Cl.Cl. The normalized spacial score (nSPS) is 15.0. The molecule has 1 unspecified atom stereocenters. The first-order valence-corrected chi connectivity index (χ1v) is 8.61. The molecule has 1 aromatic heterocycles. The summed E-state index contributed by atoms with van der Waals surface area (Å²) in [6, 6.07) is 0.00534. The highest BCUT2D eigenvalue weighted by molar-refractivity contribution is 7.14. The lowest BCUT2D eigenvalue weighted by molar-refractivity contribution is -0.121. The van der Waals surface area contributed by atoms with E-state index in [1.54, 1.807) is 4.90 Å². The number of anilines is 1. The fourth-order valence-electron chi connectivity index (χ4n) is 2.58. The number of rotatable bonds is 7. The number of carbonyl (C=O) groups excluding carboxylic acids is 2. The van der Waals surface area contributed by atoms with Crippen LogP contribution in [0, 0.1) is 5.92 Å². The fourth-order valence-corrected chi connectivity index (χ4v) is 3.45. The molecule has 0 saturated carbocycles. The van der Waals surface area contributed by atoms with Gasteiger partial charge in [0.25, 0.3) is 0 Å². The molecule has 0 aliphatic carbocycles. The molecular formula is C15H26Cl2N4O2S. The highest BCUT2D eigenvalue weighted by Crippen LogP contribution is 2.25. The molecule has 1 fully saturated rings. The summed E-state index contributed by atoms with van der Waals surface area (Å²) >= 11 is 1.42. The van der Waals surface area contributed by atoms with Crippen molar-refractivity contribution in [1.82, 2.24) is 10.3 Å². The molecule has 6 nitrogen and oxygen atoms in total. The van der Waals surface area contributed by atoms with Crippen molar-refractivity contribution in [2.24, 2.45) is 11.7 Å². The van der Waals surface area contributed by atoms with Gasteiger partial charge < -0.3 is 11.1 Å². The van der Waals surface area contributed by atoms with E-state index in [1.807, 2.05) is 5.38 Å². The van der Waals surface area contributed by atoms with Gasteiger partial charge in [-0.3, -0.25) is 14.5 Å². The number of nitrogens with one attached hydrogen (secondary N) is 1. The Labute approximate surface area is 159 Å². The second-order valence-corrected chi connectivity index (χ2v) is 6.91. The number of nitrogens with two attached hydrogens (primary N) is 1. The van der Waals surface area contributed by atoms with Crippen LogP contribution in [0.25, 0.3) is 0 Å². The molecule has 1 aliphatic heterocycles. The maximum absolute atomic E-state index is 12.1. The first-order chi connectivity index (χ1) is 10.5. The minimum atomic E-state index is -0.0688. The van der Waals surface area contributed by atoms with Crippen molar-refractivity contribution >= 4 is 53.1 Å². The minimum Gasteiger partial charge on any atom is -0.352 e. The molecule has 2 heterocycles. The van der Waals surface area contributed by atoms with Crippen LogP contribution in [-0.4, -0.2) is 35.9 Å². The molecule has 1 saturated heterocycles. The van der Waals surface area contributed by atoms with Gasteiger partial charge in [0.15, 0.2) is 5.13 Å². The summed E-state index contributed by atoms with van der Waals surface area (Å²) in [5.74, 6) is 0.534. The van der Waals surface area contributed by atoms with Crippen molar-refractivity contribution in [1.29, 1.82) is 0 Å². The number of amides is 2. The van der Waals surface area contributed by atoms with Crippen molar-refractivity contribution in [3.63, 3.8) is 0 Å². The second kappa shape index (κ2) is 10.9. The Balaban J connectivity index is 0.00000264. The van der Waals surface area contributed by atoms with Crippen LogP contribution in [0.5, 0.6) is 0 Å². The zero-order valence-corrected chi connectivity index (χ0v) is 16.4. The molecular weight excluding hydrogens is 371 g/mol. The summed E-state index contributed by atoms with van der Waals surface area (Å²) in [6.45, 7) is 5.37. The number of hydrogen-bond acceptors (Lipinski definition) is 5. The molecule has 0 aromatic carbocycles. The number of nitrogens with zero attached hydrogens (tertiary/aromatic N) is 2. The molecule has 2 rings (SSSR count). The van der Waals surface area contributed by atoms with Crippen LogP contribution in [0.3, 0.4) is 0 Å². The van der Waals surface area contributed by atoms with E-state index in [-0.39, 0.29) is 49.1 Å². The largest absolute Gasteiger partial charge is 0.352 e. The number of carbonyl (C=O) groups is 2. The van der Waals surface area contributed by atoms with Crippen molar-refractivity contribution < 1.29 is 9.59 Å². The molecule has 1 aromatic rings. The van der Waals surface area contributed by atoms with Gasteiger partial charge in [0, 0.05) is 30.9 Å². The first kappa shape index (κ1) is 23.1. The van der Waals surface area contributed by atoms with Crippen molar-refractivity contribution in [2.75, 3.05) is 18.0 Å². The Hall–Kier alpha value is -0.890. The Morgan fingerprint density at radius 3 is 2.71 bits per heavy atom.